The van der Waals surface area contributed by atoms with Crippen molar-refractivity contribution in [3.05, 3.63) is 0 Å². The lowest BCUT2D eigenvalue weighted by molar-refractivity contribution is -0.128. The fourth-order valence-corrected chi connectivity index (χ4v) is 4.25. The third-order valence-corrected chi connectivity index (χ3v) is 5.71. The highest BCUT2D eigenvalue weighted by molar-refractivity contribution is 5.85. The third-order valence-electron chi connectivity index (χ3n) is 5.71. The Balaban J connectivity index is 1.68. The van der Waals surface area contributed by atoms with Gasteiger partial charge in [-0.1, -0.05) is 64.7 Å². The first-order valence-electron chi connectivity index (χ1n) is 10.3. The van der Waals surface area contributed by atoms with Crippen molar-refractivity contribution in [3.63, 3.8) is 0 Å². The van der Waals surface area contributed by atoms with Gasteiger partial charge in [0.05, 0.1) is 0 Å². The summed E-state index contributed by atoms with van der Waals surface area (Å²) in [6.07, 6.45) is 14.9. The molecule has 1 saturated heterocycles. The lowest BCUT2D eigenvalue weighted by Crippen LogP contribution is -2.54. The van der Waals surface area contributed by atoms with Gasteiger partial charge in [-0.05, 0) is 19.3 Å². The lowest BCUT2D eigenvalue weighted by atomic mass is 9.84. The van der Waals surface area contributed by atoms with Gasteiger partial charge < -0.3 is 10.2 Å². The number of nitrogens with zero attached hydrogens (tertiary/aromatic N) is 1. The first kappa shape index (κ1) is 19.3. The number of likely N-dealkylation sites (tertiary alicyclic amines) is 1. The van der Waals surface area contributed by atoms with Gasteiger partial charge in [-0.3, -0.25) is 4.79 Å². The predicted molar refractivity (Wildman–Crippen MR) is 98.1 cm³/mol. The van der Waals surface area contributed by atoms with Gasteiger partial charge in [0.2, 0.25) is 0 Å². The summed E-state index contributed by atoms with van der Waals surface area (Å²) in [5.41, 5.74) is 0. The number of fused-ring (bicyclic) bond motifs is 1. The molecule has 138 valence electrons. The van der Waals surface area contributed by atoms with Crippen molar-refractivity contribution in [2.24, 2.45) is 5.92 Å². The number of unbranched alkanes of at least 4 members (excludes halogenated alkanes) is 6. The molecule has 1 heterocycles. The van der Waals surface area contributed by atoms with Gasteiger partial charge >= 0.3 is 6.03 Å². The summed E-state index contributed by atoms with van der Waals surface area (Å²) >= 11 is 0. The van der Waals surface area contributed by atoms with Crippen molar-refractivity contribution in [1.82, 2.24) is 10.2 Å². The first-order valence-corrected chi connectivity index (χ1v) is 10.3. The maximum Gasteiger partial charge on any atom is 0.317 e. The van der Waals surface area contributed by atoms with Gasteiger partial charge in [0.25, 0.3) is 0 Å². The molecule has 0 aromatic rings. The number of hydrogen-bond donors (Lipinski definition) is 1. The summed E-state index contributed by atoms with van der Waals surface area (Å²) < 4.78 is 0. The Bertz CT molecular complexity index is 397. The summed E-state index contributed by atoms with van der Waals surface area (Å²) in [5, 5.41) is 3.10. The maximum absolute atomic E-state index is 12.5. The Hall–Kier alpha value is -1.06. The number of rotatable bonds is 8. The van der Waals surface area contributed by atoms with E-state index in [2.05, 4.69) is 12.2 Å². The summed E-state index contributed by atoms with van der Waals surface area (Å²) in [6, 6.07) is 0.216. The molecule has 0 bridgehead atoms. The molecule has 24 heavy (non-hydrogen) atoms. The van der Waals surface area contributed by atoms with Crippen LogP contribution in [0.5, 0.6) is 0 Å². The van der Waals surface area contributed by atoms with Crippen molar-refractivity contribution < 1.29 is 9.59 Å². The van der Waals surface area contributed by atoms with Crippen LogP contribution < -0.4 is 5.32 Å². The maximum atomic E-state index is 12.5. The van der Waals surface area contributed by atoms with Crippen LogP contribution in [0.25, 0.3) is 0 Å². The Morgan fingerprint density at radius 3 is 2.54 bits per heavy atom. The van der Waals surface area contributed by atoms with Crippen molar-refractivity contribution in [2.75, 3.05) is 13.1 Å². The number of carbonyl (C=O) groups is 2. The van der Waals surface area contributed by atoms with Crippen molar-refractivity contribution in [2.45, 2.75) is 96.4 Å². The van der Waals surface area contributed by atoms with Crippen LogP contribution in [0.1, 0.15) is 90.4 Å². The summed E-state index contributed by atoms with van der Waals surface area (Å²) in [4.78, 5) is 26.7. The molecule has 2 atom stereocenters. The molecular weight excluding hydrogens is 300 g/mol. The summed E-state index contributed by atoms with van der Waals surface area (Å²) in [6.45, 7) is 3.62. The van der Waals surface area contributed by atoms with Crippen LogP contribution in [-0.2, 0) is 4.79 Å². The van der Waals surface area contributed by atoms with E-state index in [1.165, 1.54) is 44.9 Å². The van der Waals surface area contributed by atoms with E-state index < -0.39 is 0 Å². The number of hydrogen-bond acceptors (Lipinski definition) is 2. The van der Waals surface area contributed by atoms with Gasteiger partial charge in [-0.25, -0.2) is 4.79 Å². The van der Waals surface area contributed by atoms with E-state index in [9.17, 15) is 9.59 Å². The molecule has 2 unspecified atom stereocenters. The van der Waals surface area contributed by atoms with Gasteiger partial charge in [-0.2, -0.15) is 0 Å². The summed E-state index contributed by atoms with van der Waals surface area (Å²) in [5.74, 6) is 0.489. The lowest BCUT2D eigenvalue weighted by Gasteiger charge is -2.39. The SMILES string of the molecule is CCCCCCCCCNC(=O)N1CCC(=O)C2CCCCCC21. The normalized spacial score (nSPS) is 24.4. The van der Waals surface area contributed by atoms with Crippen LogP contribution >= 0.6 is 0 Å². The molecule has 0 aromatic heterocycles. The fraction of sp³-hybridized carbons (Fsp3) is 0.900. The molecule has 2 aliphatic rings. The number of nitrogens with one attached hydrogen (secondary N) is 1. The number of ketones is 1. The molecule has 2 fully saturated rings. The van der Waals surface area contributed by atoms with Crippen molar-refractivity contribution >= 4 is 11.8 Å². The number of Topliss-reactive ketones (excluding diaryl/α,β-unsaturated/α-hetero) is 1. The van der Waals surface area contributed by atoms with Crippen molar-refractivity contribution in [3.8, 4) is 0 Å². The molecule has 0 spiro atoms. The quantitative estimate of drug-likeness (QED) is 0.655. The molecule has 1 aliphatic carbocycles. The van der Waals surface area contributed by atoms with E-state index in [4.69, 9.17) is 0 Å². The number of urea groups is 1. The number of carbonyl (C=O) groups excluding carboxylic acids is 2. The van der Waals surface area contributed by atoms with E-state index in [1.807, 2.05) is 4.90 Å². The minimum Gasteiger partial charge on any atom is -0.338 e. The van der Waals surface area contributed by atoms with Crippen LogP contribution in [0.4, 0.5) is 4.79 Å². The van der Waals surface area contributed by atoms with Crippen LogP contribution in [0, 0.1) is 5.92 Å². The molecule has 4 heteroatoms. The molecule has 0 radical (unpaired) electrons. The predicted octanol–water partition coefficient (Wildman–Crippen LogP) is 4.67. The molecular formula is C20H36N2O2. The zero-order valence-corrected chi connectivity index (χ0v) is 15.5. The second kappa shape index (κ2) is 10.7. The van der Waals surface area contributed by atoms with E-state index in [0.717, 1.165) is 38.6 Å². The van der Waals surface area contributed by atoms with Crippen LogP contribution in [0.2, 0.25) is 0 Å². The molecule has 1 aliphatic heterocycles. The Morgan fingerprint density at radius 1 is 1.04 bits per heavy atom. The summed E-state index contributed by atoms with van der Waals surface area (Å²) in [7, 11) is 0. The average Bonchev–Trinajstić information content (AvgIpc) is 2.84. The largest absolute Gasteiger partial charge is 0.338 e. The van der Waals surface area contributed by atoms with Crippen LogP contribution in [0.3, 0.4) is 0 Å². The second-order valence-electron chi connectivity index (χ2n) is 7.57. The third kappa shape index (κ3) is 5.78. The van der Waals surface area contributed by atoms with Gasteiger partial charge in [-0.15, -0.1) is 0 Å². The smallest absolute Gasteiger partial charge is 0.317 e. The highest BCUT2D eigenvalue weighted by atomic mass is 16.2. The number of amides is 2. The van der Waals surface area contributed by atoms with E-state index >= 15 is 0 Å². The van der Waals surface area contributed by atoms with Crippen molar-refractivity contribution in [1.29, 1.82) is 0 Å². The van der Waals surface area contributed by atoms with Gasteiger partial charge in [0.1, 0.15) is 5.78 Å². The van der Waals surface area contributed by atoms with E-state index in [1.54, 1.807) is 0 Å². The zero-order chi connectivity index (χ0) is 17.2. The molecule has 1 saturated carbocycles. The van der Waals surface area contributed by atoms with Gasteiger partial charge in [0.15, 0.2) is 0 Å². The Kier molecular flexibility index (Phi) is 8.62. The van der Waals surface area contributed by atoms with Crippen LogP contribution in [-0.4, -0.2) is 35.8 Å². The molecule has 4 nitrogen and oxygen atoms in total. The molecule has 2 amide bonds. The van der Waals surface area contributed by atoms with E-state index in [0.29, 0.717) is 18.7 Å². The minimum atomic E-state index is 0.0605. The fourth-order valence-electron chi connectivity index (χ4n) is 4.25. The standard InChI is InChI=1S/C20H36N2O2/c1-2-3-4-5-6-7-11-15-21-20(24)22-16-14-19(23)17-12-9-8-10-13-18(17)22/h17-18H,2-16H2,1H3,(H,21,24). The monoisotopic (exact) mass is 336 g/mol. The van der Waals surface area contributed by atoms with Crippen LogP contribution in [0.15, 0.2) is 0 Å². The Labute approximate surface area is 147 Å². The van der Waals surface area contributed by atoms with E-state index in [-0.39, 0.29) is 18.0 Å². The Morgan fingerprint density at radius 2 is 1.75 bits per heavy atom. The minimum absolute atomic E-state index is 0.0605. The highest BCUT2D eigenvalue weighted by Crippen LogP contribution is 2.32. The average molecular weight is 337 g/mol. The second-order valence-corrected chi connectivity index (χ2v) is 7.57. The molecule has 0 aromatic carbocycles. The molecule has 1 N–H and O–H groups in total. The topological polar surface area (TPSA) is 49.4 Å². The highest BCUT2D eigenvalue weighted by Gasteiger charge is 2.39. The first-order chi connectivity index (χ1) is 11.7. The number of piperidine rings is 1. The van der Waals surface area contributed by atoms with Gasteiger partial charge in [0, 0.05) is 31.5 Å². The zero-order valence-electron chi connectivity index (χ0n) is 15.5. The molecule has 2 rings (SSSR count).